The van der Waals surface area contributed by atoms with Crippen LogP contribution in [-0.2, 0) is 5.41 Å². The zero-order chi connectivity index (χ0) is 35.5. The molecule has 0 fully saturated rings. The maximum absolute atomic E-state index is 6.48. The van der Waals surface area contributed by atoms with Crippen molar-refractivity contribution in [3.63, 3.8) is 0 Å². The Labute approximate surface area is 310 Å². The number of furan rings is 1. The van der Waals surface area contributed by atoms with Crippen molar-refractivity contribution in [1.82, 2.24) is 0 Å². The Morgan fingerprint density at radius 3 is 1.85 bits per heavy atom. The SMILES string of the molecule is CC1(C)c2ccccc2-c2ccc(N(c3ccccc3)c3cccc(-c4ccc(-c5ccccc5)cc4)c3-c3cccc4oc5ccccc5c34)cc21. The van der Waals surface area contributed by atoms with Crippen molar-refractivity contribution in [2.45, 2.75) is 19.3 Å². The number of hydrogen-bond donors (Lipinski definition) is 0. The van der Waals surface area contributed by atoms with E-state index in [9.17, 15) is 0 Å². The van der Waals surface area contributed by atoms with Gasteiger partial charge in [0.05, 0.1) is 5.69 Å². The van der Waals surface area contributed by atoms with E-state index < -0.39 is 0 Å². The first kappa shape index (κ1) is 31.1. The Kier molecular flexibility index (Phi) is 7.19. The second-order valence-electron chi connectivity index (χ2n) is 14.5. The van der Waals surface area contributed by atoms with Crippen molar-refractivity contribution < 1.29 is 4.42 Å². The van der Waals surface area contributed by atoms with Gasteiger partial charge in [-0.1, -0.05) is 159 Å². The number of benzene rings is 8. The number of fused-ring (bicyclic) bond motifs is 6. The van der Waals surface area contributed by atoms with Crippen LogP contribution in [0.4, 0.5) is 17.1 Å². The van der Waals surface area contributed by atoms with Gasteiger partial charge in [-0.25, -0.2) is 0 Å². The number of rotatable bonds is 6. The summed E-state index contributed by atoms with van der Waals surface area (Å²) in [6, 6.07) is 67.9. The maximum atomic E-state index is 6.48. The van der Waals surface area contributed by atoms with E-state index in [0.717, 1.165) is 61.3 Å². The molecule has 0 radical (unpaired) electrons. The molecule has 1 aliphatic carbocycles. The molecule has 0 aliphatic heterocycles. The van der Waals surface area contributed by atoms with E-state index in [1.807, 2.05) is 6.07 Å². The molecule has 1 heterocycles. The summed E-state index contributed by atoms with van der Waals surface area (Å²) in [6.45, 7) is 4.70. The molecule has 2 nitrogen and oxygen atoms in total. The summed E-state index contributed by atoms with van der Waals surface area (Å²) in [6.07, 6.45) is 0. The van der Waals surface area contributed by atoms with Gasteiger partial charge in [-0.15, -0.1) is 0 Å². The Bertz CT molecular complexity index is 2790. The number of hydrogen-bond acceptors (Lipinski definition) is 2. The fourth-order valence-corrected chi connectivity index (χ4v) is 8.54. The van der Waals surface area contributed by atoms with Crippen LogP contribution in [0, 0.1) is 0 Å². The van der Waals surface area contributed by atoms with Gasteiger partial charge in [0.1, 0.15) is 11.2 Å². The molecule has 9 aromatic rings. The minimum absolute atomic E-state index is 0.128. The van der Waals surface area contributed by atoms with Crippen LogP contribution in [0.15, 0.2) is 192 Å². The zero-order valence-electron chi connectivity index (χ0n) is 29.8. The summed E-state index contributed by atoms with van der Waals surface area (Å²) in [5, 5.41) is 2.23. The molecule has 0 bridgehead atoms. The third kappa shape index (κ3) is 5.02. The van der Waals surface area contributed by atoms with Gasteiger partial charge in [0.2, 0.25) is 0 Å². The molecular formula is C51H37NO. The van der Waals surface area contributed by atoms with Crippen LogP contribution in [0.2, 0.25) is 0 Å². The van der Waals surface area contributed by atoms with Crippen LogP contribution >= 0.6 is 0 Å². The van der Waals surface area contributed by atoms with Gasteiger partial charge in [0, 0.05) is 33.1 Å². The van der Waals surface area contributed by atoms with Crippen LogP contribution in [0.3, 0.4) is 0 Å². The molecule has 0 N–H and O–H groups in total. The molecule has 8 aromatic carbocycles. The van der Waals surface area contributed by atoms with E-state index in [1.54, 1.807) is 0 Å². The second-order valence-corrected chi connectivity index (χ2v) is 14.5. The maximum Gasteiger partial charge on any atom is 0.136 e. The van der Waals surface area contributed by atoms with E-state index in [0.29, 0.717) is 0 Å². The van der Waals surface area contributed by atoms with Crippen LogP contribution in [-0.4, -0.2) is 0 Å². The third-order valence-electron chi connectivity index (χ3n) is 11.1. The van der Waals surface area contributed by atoms with Crippen LogP contribution in [0.1, 0.15) is 25.0 Å². The molecule has 1 aromatic heterocycles. The van der Waals surface area contributed by atoms with Gasteiger partial charge in [-0.2, -0.15) is 0 Å². The van der Waals surface area contributed by atoms with E-state index >= 15 is 0 Å². The molecule has 10 rings (SSSR count). The highest BCUT2D eigenvalue weighted by Crippen LogP contribution is 2.53. The van der Waals surface area contributed by atoms with Crippen molar-refractivity contribution in [3.8, 4) is 44.5 Å². The van der Waals surface area contributed by atoms with Crippen LogP contribution in [0.25, 0.3) is 66.4 Å². The quantitative estimate of drug-likeness (QED) is 0.174. The summed E-state index contributed by atoms with van der Waals surface area (Å²) in [4.78, 5) is 2.44. The molecule has 252 valence electrons. The third-order valence-corrected chi connectivity index (χ3v) is 11.1. The number of anilines is 3. The fraction of sp³-hybridized carbons (Fsp3) is 0.0588. The Morgan fingerprint density at radius 1 is 0.415 bits per heavy atom. The summed E-state index contributed by atoms with van der Waals surface area (Å²) in [5.41, 5.74) is 17.3. The van der Waals surface area contributed by atoms with Gasteiger partial charge >= 0.3 is 0 Å². The van der Waals surface area contributed by atoms with Gasteiger partial charge in [0.15, 0.2) is 0 Å². The number of nitrogens with zero attached hydrogens (tertiary/aromatic N) is 1. The zero-order valence-corrected chi connectivity index (χ0v) is 29.8. The minimum Gasteiger partial charge on any atom is -0.456 e. The van der Waals surface area contributed by atoms with Crippen molar-refractivity contribution in [1.29, 1.82) is 0 Å². The van der Waals surface area contributed by atoms with E-state index in [4.69, 9.17) is 4.42 Å². The van der Waals surface area contributed by atoms with Crippen LogP contribution < -0.4 is 4.90 Å². The molecule has 0 saturated carbocycles. The lowest BCUT2D eigenvalue weighted by Gasteiger charge is -2.31. The highest BCUT2D eigenvalue weighted by molar-refractivity contribution is 6.15. The lowest BCUT2D eigenvalue weighted by atomic mass is 9.82. The molecular weight excluding hydrogens is 643 g/mol. The predicted molar refractivity (Wildman–Crippen MR) is 222 cm³/mol. The van der Waals surface area contributed by atoms with Gasteiger partial charge in [0.25, 0.3) is 0 Å². The summed E-state index contributed by atoms with van der Waals surface area (Å²) in [7, 11) is 0. The lowest BCUT2D eigenvalue weighted by Crippen LogP contribution is -2.17. The first-order valence-electron chi connectivity index (χ1n) is 18.4. The van der Waals surface area contributed by atoms with E-state index in [1.165, 1.54) is 33.4 Å². The fourth-order valence-electron chi connectivity index (χ4n) is 8.54. The largest absolute Gasteiger partial charge is 0.456 e. The van der Waals surface area contributed by atoms with Crippen molar-refractivity contribution in [2.75, 3.05) is 4.90 Å². The van der Waals surface area contributed by atoms with E-state index in [-0.39, 0.29) is 5.41 Å². The molecule has 2 heteroatoms. The summed E-state index contributed by atoms with van der Waals surface area (Å²) in [5.74, 6) is 0. The van der Waals surface area contributed by atoms with Gasteiger partial charge < -0.3 is 9.32 Å². The Morgan fingerprint density at radius 2 is 1.02 bits per heavy atom. The first-order chi connectivity index (χ1) is 26.1. The van der Waals surface area contributed by atoms with E-state index in [2.05, 4.69) is 201 Å². The normalized spacial score (nSPS) is 12.9. The average molecular weight is 680 g/mol. The Hall–Kier alpha value is -6.64. The average Bonchev–Trinajstić information content (AvgIpc) is 3.71. The van der Waals surface area contributed by atoms with Gasteiger partial charge in [-0.05, 0) is 92.5 Å². The monoisotopic (exact) mass is 679 g/mol. The highest BCUT2D eigenvalue weighted by Gasteiger charge is 2.36. The molecule has 0 atom stereocenters. The standard InChI is InChI=1S/C51H37NO/c1-51(2)44-23-11-9-19-40(44)41-32-31-38(33-45(41)51)52(37-17-7-4-8-18-37)46-24-13-21-39(36-29-27-35(28-30-36)34-15-5-3-6-16-34)49(46)43-22-14-26-48-50(43)42-20-10-12-25-47(42)53-48/h3-33H,1-2H3. The predicted octanol–water partition coefficient (Wildman–Crippen LogP) is 14.4. The summed E-state index contributed by atoms with van der Waals surface area (Å²) < 4.78 is 6.48. The molecule has 0 spiro atoms. The topological polar surface area (TPSA) is 16.4 Å². The molecule has 0 unspecified atom stereocenters. The summed E-state index contributed by atoms with van der Waals surface area (Å²) >= 11 is 0. The van der Waals surface area contributed by atoms with Gasteiger partial charge in [-0.3, -0.25) is 0 Å². The first-order valence-corrected chi connectivity index (χ1v) is 18.4. The molecule has 53 heavy (non-hydrogen) atoms. The molecule has 0 saturated heterocycles. The molecule has 0 amide bonds. The second kappa shape index (κ2) is 12.3. The molecule has 1 aliphatic rings. The van der Waals surface area contributed by atoms with Crippen LogP contribution in [0.5, 0.6) is 0 Å². The smallest absolute Gasteiger partial charge is 0.136 e. The highest BCUT2D eigenvalue weighted by atomic mass is 16.3. The number of para-hydroxylation sites is 2. The minimum atomic E-state index is -0.128. The van der Waals surface area contributed by atoms with Crippen molar-refractivity contribution >= 4 is 39.0 Å². The van der Waals surface area contributed by atoms with Crippen molar-refractivity contribution in [2.24, 2.45) is 0 Å². The Balaban J connectivity index is 1.25. The van der Waals surface area contributed by atoms with Crippen molar-refractivity contribution in [3.05, 3.63) is 199 Å². The lowest BCUT2D eigenvalue weighted by molar-refractivity contribution is 0.660.